The van der Waals surface area contributed by atoms with Crippen molar-refractivity contribution in [2.45, 2.75) is 96.9 Å². The zero-order valence-electron chi connectivity index (χ0n) is 18.7. The minimum atomic E-state index is -2.73. The first-order chi connectivity index (χ1) is 14.2. The summed E-state index contributed by atoms with van der Waals surface area (Å²) in [7, 11) is 0. The fourth-order valence-corrected chi connectivity index (χ4v) is 5.73. The van der Waals surface area contributed by atoms with E-state index in [0.717, 1.165) is 25.8 Å². The molecule has 1 aromatic rings. The Labute approximate surface area is 195 Å². The highest BCUT2D eigenvalue weighted by Crippen LogP contribution is 2.41. The molecule has 1 saturated carbocycles. The first-order valence-electron chi connectivity index (χ1n) is 10.6. The molecule has 1 amide bonds. The molecule has 31 heavy (non-hydrogen) atoms. The number of halogens is 3. The van der Waals surface area contributed by atoms with E-state index in [1.54, 1.807) is 25.7 Å². The van der Waals surface area contributed by atoms with Crippen LogP contribution in [-0.4, -0.2) is 39.4 Å². The molecule has 1 aliphatic carbocycles. The van der Waals surface area contributed by atoms with E-state index >= 15 is 0 Å². The van der Waals surface area contributed by atoms with Gasteiger partial charge in [-0.1, -0.05) is 0 Å². The number of carboxylic acid groups (broad SMARTS) is 1. The summed E-state index contributed by atoms with van der Waals surface area (Å²) in [6.45, 7) is 9.43. The van der Waals surface area contributed by atoms with Crippen LogP contribution in [0.25, 0.3) is 0 Å². The maximum atomic E-state index is 14.0. The van der Waals surface area contributed by atoms with E-state index in [1.165, 1.54) is 0 Å². The molecule has 0 spiro atoms. The number of aliphatic carboxylic acids is 1. The molecule has 0 aromatic heterocycles. The lowest BCUT2D eigenvalue weighted by atomic mass is 9.84. The average molecular weight is 549 g/mol. The van der Waals surface area contributed by atoms with Crippen LogP contribution in [0.4, 0.5) is 8.78 Å². The van der Waals surface area contributed by atoms with Crippen LogP contribution in [0.5, 0.6) is 0 Å². The van der Waals surface area contributed by atoms with Gasteiger partial charge in [-0.25, -0.2) is 13.6 Å². The molecular weight excluding hydrogens is 519 g/mol. The molecule has 1 aliphatic heterocycles. The Bertz CT molecular complexity index is 910. The standard InChI is InChI=1S/C23H30F2INO4/c1-12-15-9-17(28)27(14-7-6-8-23(24,25)10-14)11-16(15)13(2)19(26)18(12)20(21(29)30)31-22(3,4)5/h14,20H,6-11H2,1-5H3,(H,29,30)/t14?,20-/m0/s1. The number of rotatable bonds is 4. The van der Waals surface area contributed by atoms with E-state index in [1.807, 2.05) is 13.8 Å². The molecule has 8 heteroatoms. The number of carboxylic acids is 1. The molecule has 2 aliphatic rings. The predicted octanol–water partition coefficient (Wildman–Crippen LogP) is 5.31. The number of nitrogens with zero attached hydrogens (tertiary/aromatic N) is 1. The summed E-state index contributed by atoms with van der Waals surface area (Å²) in [4.78, 5) is 26.7. The number of hydrogen-bond acceptors (Lipinski definition) is 3. The van der Waals surface area contributed by atoms with E-state index in [4.69, 9.17) is 4.74 Å². The number of fused-ring (bicyclic) bond motifs is 1. The van der Waals surface area contributed by atoms with E-state index in [9.17, 15) is 23.5 Å². The maximum Gasteiger partial charge on any atom is 0.337 e. The van der Waals surface area contributed by atoms with Gasteiger partial charge in [0.15, 0.2) is 6.10 Å². The van der Waals surface area contributed by atoms with Crippen LogP contribution in [0.1, 0.15) is 80.4 Å². The van der Waals surface area contributed by atoms with Crippen molar-refractivity contribution in [2.24, 2.45) is 0 Å². The van der Waals surface area contributed by atoms with E-state index in [0.29, 0.717) is 18.4 Å². The summed E-state index contributed by atoms with van der Waals surface area (Å²) in [5.74, 6) is -3.98. The van der Waals surface area contributed by atoms with Crippen LogP contribution >= 0.6 is 22.6 Å². The summed E-state index contributed by atoms with van der Waals surface area (Å²) in [5.41, 5.74) is 3.29. The van der Waals surface area contributed by atoms with Crippen molar-refractivity contribution in [1.82, 2.24) is 4.90 Å². The minimum absolute atomic E-state index is 0.0931. The third kappa shape index (κ3) is 5.05. The first kappa shape index (κ1) is 24.4. The highest BCUT2D eigenvalue weighted by atomic mass is 127. The third-order valence-corrected chi connectivity index (χ3v) is 7.62. The van der Waals surface area contributed by atoms with Gasteiger partial charge in [-0.2, -0.15) is 0 Å². The van der Waals surface area contributed by atoms with Gasteiger partial charge in [0.1, 0.15) is 0 Å². The largest absolute Gasteiger partial charge is 0.479 e. The molecular formula is C23H30F2INO4. The van der Waals surface area contributed by atoms with Gasteiger partial charge in [-0.05, 0) is 92.3 Å². The van der Waals surface area contributed by atoms with Crippen molar-refractivity contribution >= 4 is 34.5 Å². The molecule has 0 bridgehead atoms. The van der Waals surface area contributed by atoms with Gasteiger partial charge < -0.3 is 14.7 Å². The maximum absolute atomic E-state index is 14.0. The van der Waals surface area contributed by atoms with Gasteiger partial charge in [-0.3, -0.25) is 4.79 Å². The molecule has 1 N–H and O–H groups in total. The zero-order valence-corrected chi connectivity index (χ0v) is 20.8. The van der Waals surface area contributed by atoms with Gasteiger partial charge >= 0.3 is 5.97 Å². The summed E-state index contributed by atoms with van der Waals surface area (Å²) in [6, 6.07) is -0.461. The molecule has 0 radical (unpaired) electrons. The Morgan fingerprint density at radius 2 is 1.90 bits per heavy atom. The van der Waals surface area contributed by atoms with Crippen LogP contribution in [0.15, 0.2) is 0 Å². The number of hydrogen-bond donors (Lipinski definition) is 1. The van der Waals surface area contributed by atoms with Crippen molar-refractivity contribution in [3.63, 3.8) is 0 Å². The quantitative estimate of drug-likeness (QED) is 0.517. The van der Waals surface area contributed by atoms with Gasteiger partial charge in [0.2, 0.25) is 11.8 Å². The lowest BCUT2D eigenvalue weighted by Gasteiger charge is -2.41. The van der Waals surface area contributed by atoms with E-state index in [2.05, 4.69) is 22.6 Å². The highest BCUT2D eigenvalue weighted by Gasteiger charge is 2.42. The summed E-state index contributed by atoms with van der Waals surface area (Å²) in [6.07, 6.45) is -0.470. The first-order valence-corrected chi connectivity index (χ1v) is 11.7. The molecule has 1 fully saturated rings. The highest BCUT2D eigenvalue weighted by molar-refractivity contribution is 14.1. The molecule has 1 heterocycles. The summed E-state index contributed by atoms with van der Waals surface area (Å²) in [5, 5.41) is 9.87. The fourth-order valence-electron chi connectivity index (χ4n) is 4.72. The Balaban J connectivity index is 2.03. The molecule has 1 unspecified atom stereocenters. The van der Waals surface area contributed by atoms with Crippen molar-refractivity contribution in [1.29, 1.82) is 0 Å². The van der Waals surface area contributed by atoms with Crippen LogP contribution in [0.3, 0.4) is 0 Å². The lowest BCUT2D eigenvalue weighted by molar-refractivity contribution is -0.160. The van der Waals surface area contributed by atoms with Gasteiger partial charge in [0.05, 0.1) is 12.0 Å². The Kier molecular flexibility index (Phi) is 6.73. The van der Waals surface area contributed by atoms with Crippen LogP contribution in [0.2, 0.25) is 0 Å². The number of amides is 1. The topological polar surface area (TPSA) is 66.8 Å². The normalized spacial score (nSPS) is 22.3. The molecule has 3 rings (SSSR count). The molecule has 1 aromatic carbocycles. The number of carbonyl (C=O) groups is 2. The smallest absolute Gasteiger partial charge is 0.337 e. The Morgan fingerprint density at radius 3 is 2.45 bits per heavy atom. The second-order valence-corrected chi connectivity index (χ2v) is 10.8. The molecule has 0 saturated heterocycles. The van der Waals surface area contributed by atoms with Crippen LogP contribution in [0, 0.1) is 17.4 Å². The van der Waals surface area contributed by atoms with Gasteiger partial charge in [0.25, 0.3) is 0 Å². The van der Waals surface area contributed by atoms with Gasteiger partial charge in [-0.15, -0.1) is 0 Å². The van der Waals surface area contributed by atoms with E-state index in [-0.39, 0.29) is 31.7 Å². The third-order valence-electron chi connectivity index (χ3n) is 6.23. The van der Waals surface area contributed by atoms with Crippen LogP contribution < -0.4 is 0 Å². The fraction of sp³-hybridized carbons (Fsp3) is 0.652. The zero-order chi connectivity index (χ0) is 23.3. The van der Waals surface area contributed by atoms with Crippen molar-refractivity contribution in [2.75, 3.05) is 0 Å². The number of benzene rings is 1. The van der Waals surface area contributed by atoms with Crippen molar-refractivity contribution in [3.05, 3.63) is 31.4 Å². The van der Waals surface area contributed by atoms with E-state index < -0.39 is 29.6 Å². The number of ether oxygens (including phenoxy) is 1. The Hall–Kier alpha value is -1.29. The molecule has 5 nitrogen and oxygen atoms in total. The second kappa shape index (κ2) is 8.57. The summed E-state index contributed by atoms with van der Waals surface area (Å²) >= 11 is 2.14. The second-order valence-electron chi connectivity index (χ2n) is 9.69. The molecule has 2 atom stereocenters. The Morgan fingerprint density at radius 1 is 1.26 bits per heavy atom. The monoisotopic (exact) mass is 549 g/mol. The number of carbonyl (C=O) groups excluding carboxylic acids is 1. The minimum Gasteiger partial charge on any atom is -0.479 e. The van der Waals surface area contributed by atoms with Crippen molar-refractivity contribution < 1.29 is 28.2 Å². The number of alkyl halides is 2. The summed E-state index contributed by atoms with van der Waals surface area (Å²) < 4.78 is 34.6. The lowest BCUT2D eigenvalue weighted by Crippen LogP contribution is -2.48. The predicted molar refractivity (Wildman–Crippen MR) is 121 cm³/mol. The SMILES string of the molecule is Cc1c(I)c([C@H](OC(C)(C)C)C(=O)O)c(C)c2c1CN(C1CCCC(F)(F)C1)C(=O)C2. The van der Waals surface area contributed by atoms with Gasteiger partial charge in [0, 0.05) is 34.6 Å². The van der Waals surface area contributed by atoms with Crippen LogP contribution in [-0.2, 0) is 27.3 Å². The molecule has 172 valence electrons. The van der Waals surface area contributed by atoms with Crippen molar-refractivity contribution in [3.8, 4) is 0 Å². The average Bonchev–Trinajstić information content (AvgIpc) is 2.63.